The Morgan fingerprint density at radius 3 is 2.74 bits per heavy atom. The number of rotatable bonds is 6. The van der Waals surface area contributed by atoms with E-state index in [9.17, 15) is 14.4 Å². The number of nitrogens with two attached hydrogens (primary N) is 1. The second-order valence-electron chi connectivity index (χ2n) is 7.12. The lowest BCUT2D eigenvalue weighted by atomic mass is 10.1. The van der Waals surface area contributed by atoms with Crippen LogP contribution >= 0.6 is 11.6 Å². The number of terminal acetylenes is 1. The third-order valence-electron chi connectivity index (χ3n) is 5.14. The third kappa shape index (κ3) is 3.52. The largest absolute Gasteiger partial charge is 0.370 e. The first-order chi connectivity index (χ1) is 12.8. The minimum absolute atomic E-state index is 0.144. The van der Waals surface area contributed by atoms with Crippen LogP contribution in [0.3, 0.4) is 0 Å². The van der Waals surface area contributed by atoms with Crippen molar-refractivity contribution in [3.05, 3.63) is 16.9 Å². The molecular formula is C18H22ClN5O3. The van der Waals surface area contributed by atoms with Gasteiger partial charge in [0.2, 0.25) is 11.8 Å². The van der Waals surface area contributed by atoms with E-state index < -0.39 is 23.5 Å². The van der Waals surface area contributed by atoms with Gasteiger partial charge >= 0.3 is 0 Å². The summed E-state index contributed by atoms with van der Waals surface area (Å²) >= 11 is 6.30. The molecular weight excluding hydrogens is 370 g/mol. The smallest absolute Gasteiger partial charge is 0.251 e. The van der Waals surface area contributed by atoms with E-state index in [-0.39, 0.29) is 18.2 Å². The summed E-state index contributed by atoms with van der Waals surface area (Å²) in [7, 11) is 0. The zero-order valence-electron chi connectivity index (χ0n) is 15.1. The fraction of sp³-hybridized carbons (Fsp3) is 0.556. The summed E-state index contributed by atoms with van der Waals surface area (Å²) in [6.07, 6.45) is 9.35. The first-order valence-electron chi connectivity index (χ1n) is 8.86. The van der Waals surface area contributed by atoms with Gasteiger partial charge in [0.15, 0.2) is 0 Å². The molecule has 9 heteroatoms. The van der Waals surface area contributed by atoms with Crippen molar-refractivity contribution < 1.29 is 14.4 Å². The lowest BCUT2D eigenvalue weighted by Crippen LogP contribution is -2.52. The fourth-order valence-electron chi connectivity index (χ4n) is 3.52. The number of nitrogens with one attached hydrogen (secondary N) is 1. The van der Waals surface area contributed by atoms with Gasteiger partial charge in [0.25, 0.3) is 5.91 Å². The molecule has 1 aliphatic heterocycles. The van der Waals surface area contributed by atoms with E-state index in [1.807, 2.05) is 6.92 Å². The number of carbonyl (C=O) groups is 3. The van der Waals surface area contributed by atoms with E-state index in [1.165, 1.54) is 0 Å². The van der Waals surface area contributed by atoms with Gasteiger partial charge in [0.1, 0.15) is 16.7 Å². The average molecular weight is 392 g/mol. The number of aryl methyl sites for hydroxylation is 1. The molecule has 3 rings (SSSR count). The topological polar surface area (TPSA) is 110 Å². The molecule has 2 fully saturated rings. The Morgan fingerprint density at radius 1 is 1.52 bits per heavy atom. The number of amides is 3. The molecule has 2 aliphatic rings. The van der Waals surface area contributed by atoms with E-state index in [1.54, 1.807) is 15.8 Å². The average Bonchev–Trinajstić information content (AvgIpc) is 3.14. The molecule has 2 unspecified atom stereocenters. The molecule has 1 aliphatic carbocycles. The fourth-order valence-corrected chi connectivity index (χ4v) is 3.77. The first kappa shape index (κ1) is 19.2. The lowest BCUT2D eigenvalue weighted by molar-refractivity contribution is -0.142. The molecule has 2 heterocycles. The zero-order chi connectivity index (χ0) is 19.8. The van der Waals surface area contributed by atoms with E-state index in [2.05, 4.69) is 16.3 Å². The highest BCUT2D eigenvalue weighted by Gasteiger charge is 2.57. The van der Waals surface area contributed by atoms with Crippen LogP contribution in [0, 0.1) is 19.3 Å². The number of hydrogen-bond acceptors (Lipinski definition) is 4. The van der Waals surface area contributed by atoms with Crippen molar-refractivity contribution in [2.45, 2.75) is 56.7 Å². The van der Waals surface area contributed by atoms with E-state index in [0.717, 1.165) is 5.56 Å². The molecule has 0 aromatic carbocycles. The van der Waals surface area contributed by atoms with Gasteiger partial charge in [0, 0.05) is 12.1 Å². The van der Waals surface area contributed by atoms with Crippen LogP contribution < -0.4 is 11.1 Å². The number of carbonyl (C=O) groups excluding carboxylic acids is 3. The van der Waals surface area contributed by atoms with Crippen molar-refractivity contribution in [1.29, 1.82) is 0 Å². The molecule has 8 nitrogen and oxygen atoms in total. The Labute approximate surface area is 162 Å². The Hall–Kier alpha value is -2.53. The van der Waals surface area contributed by atoms with Gasteiger partial charge in [-0.1, -0.05) is 17.5 Å². The maximum atomic E-state index is 13.3. The Balaban J connectivity index is 1.75. The van der Waals surface area contributed by atoms with Gasteiger partial charge < -0.3 is 16.0 Å². The standard InChI is InChI=1S/C18H22ClN5O3/c1-3-12(9-14(20)25)22-16(26)13-5-4-8-23(13)17(27)18(6-7-18)24-15(19)11(2)10-21-24/h1,10,12-13H,4-9H2,2H3,(H2,20,25)(H,22,26). The van der Waals surface area contributed by atoms with Crippen molar-refractivity contribution in [2.75, 3.05) is 6.54 Å². The number of primary amides is 1. The molecule has 0 spiro atoms. The number of halogens is 1. The van der Waals surface area contributed by atoms with Crippen molar-refractivity contribution >= 4 is 29.3 Å². The summed E-state index contributed by atoms with van der Waals surface area (Å²) in [5, 5.41) is 7.34. The normalized spacial score (nSPS) is 21.4. The van der Waals surface area contributed by atoms with Gasteiger partial charge in [0.05, 0.1) is 18.7 Å². The maximum absolute atomic E-state index is 13.3. The molecule has 2 atom stereocenters. The molecule has 1 saturated heterocycles. The molecule has 27 heavy (non-hydrogen) atoms. The minimum atomic E-state index is -0.813. The Bertz CT molecular complexity index is 823. The van der Waals surface area contributed by atoms with Crippen LogP contribution in [0.2, 0.25) is 5.15 Å². The Morgan fingerprint density at radius 2 is 2.22 bits per heavy atom. The third-order valence-corrected chi connectivity index (χ3v) is 5.60. The van der Waals surface area contributed by atoms with Gasteiger partial charge in [-0.05, 0) is 32.6 Å². The maximum Gasteiger partial charge on any atom is 0.251 e. The highest BCUT2D eigenvalue weighted by atomic mass is 35.5. The molecule has 0 radical (unpaired) electrons. The number of hydrogen-bond donors (Lipinski definition) is 2. The molecule has 1 aromatic rings. The van der Waals surface area contributed by atoms with Gasteiger partial charge in [-0.3, -0.25) is 14.4 Å². The molecule has 1 saturated carbocycles. The predicted octanol–water partition coefficient (Wildman–Crippen LogP) is 0.318. The van der Waals surface area contributed by atoms with Crippen molar-refractivity contribution in [3.8, 4) is 12.3 Å². The van der Waals surface area contributed by atoms with Crippen LogP contribution in [-0.4, -0.2) is 51.0 Å². The van der Waals surface area contributed by atoms with Crippen LogP contribution in [0.4, 0.5) is 0 Å². The van der Waals surface area contributed by atoms with Crippen LogP contribution in [0.5, 0.6) is 0 Å². The number of nitrogens with zero attached hydrogens (tertiary/aromatic N) is 3. The van der Waals surface area contributed by atoms with Crippen LogP contribution in [0.15, 0.2) is 6.20 Å². The SMILES string of the molecule is C#CC(CC(N)=O)NC(=O)C1CCCN1C(=O)C1(n2ncc(C)c2Cl)CC1. The molecule has 144 valence electrons. The van der Waals surface area contributed by atoms with E-state index >= 15 is 0 Å². The summed E-state index contributed by atoms with van der Waals surface area (Å²) < 4.78 is 1.57. The summed E-state index contributed by atoms with van der Waals surface area (Å²) in [6, 6.07) is -1.42. The second kappa shape index (κ2) is 7.24. The summed E-state index contributed by atoms with van der Waals surface area (Å²) in [5.41, 5.74) is 5.14. The number of aromatic nitrogens is 2. The molecule has 1 aromatic heterocycles. The van der Waals surface area contributed by atoms with Crippen molar-refractivity contribution in [2.24, 2.45) is 5.73 Å². The quantitative estimate of drug-likeness (QED) is 0.680. The van der Waals surface area contributed by atoms with Crippen LogP contribution in [-0.2, 0) is 19.9 Å². The first-order valence-corrected chi connectivity index (χ1v) is 9.24. The monoisotopic (exact) mass is 391 g/mol. The zero-order valence-corrected chi connectivity index (χ0v) is 15.8. The van der Waals surface area contributed by atoms with Gasteiger partial charge in [-0.25, -0.2) is 4.68 Å². The summed E-state index contributed by atoms with van der Waals surface area (Å²) in [4.78, 5) is 38.6. The molecule has 3 N–H and O–H groups in total. The molecule has 0 bridgehead atoms. The second-order valence-corrected chi connectivity index (χ2v) is 7.47. The predicted molar refractivity (Wildman–Crippen MR) is 98.5 cm³/mol. The van der Waals surface area contributed by atoms with E-state index in [4.69, 9.17) is 23.8 Å². The number of likely N-dealkylation sites (tertiary alicyclic amines) is 1. The summed E-state index contributed by atoms with van der Waals surface area (Å²) in [6.45, 7) is 2.31. The van der Waals surface area contributed by atoms with Crippen LogP contribution in [0.1, 0.15) is 37.7 Å². The van der Waals surface area contributed by atoms with Crippen molar-refractivity contribution in [3.63, 3.8) is 0 Å². The van der Waals surface area contributed by atoms with Gasteiger partial charge in [-0.15, -0.1) is 6.42 Å². The highest BCUT2D eigenvalue weighted by Crippen LogP contribution is 2.47. The minimum Gasteiger partial charge on any atom is -0.370 e. The van der Waals surface area contributed by atoms with Crippen LogP contribution in [0.25, 0.3) is 0 Å². The highest BCUT2D eigenvalue weighted by molar-refractivity contribution is 6.30. The lowest BCUT2D eigenvalue weighted by Gasteiger charge is -2.29. The van der Waals surface area contributed by atoms with Gasteiger partial charge in [-0.2, -0.15) is 5.10 Å². The molecule has 3 amide bonds. The van der Waals surface area contributed by atoms with Crippen molar-refractivity contribution in [1.82, 2.24) is 20.0 Å². The van der Waals surface area contributed by atoms with E-state index in [0.29, 0.717) is 37.4 Å². The summed E-state index contributed by atoms with van der Waals surface area (Å²) in [5.74, 6) is 1.22. The Kier molecular flexibility index (Phi) is 5.16.